The fourth-order valence-corrected chi connectivity index (χ4v) is 2.23. The highest BCUT2D eigenvalue weighted by atomic mass is 16.5. The van der Waals surface area contributed by atoms with Gasteiger partial charge in [0.1, 0.15) is 6.61 Å². The molecule has 0 fully saturated rings. The summed E-state index contributed by atoms with van der Waals surface area (Å²) in [6.45, 7) is 1.39. The SMILES string of the molecule is CC(=O)COc1cccc2cc(-c3ccccc3)c(=O)oc12. The summed E-state index contributed by atoms with van der Waals surface area (Å²) in [7, 11) is 0. The summed E-state index contributed by atoms with van der Waals surface area (Å²) < 4.78 is 10.8. The van der Waals surface area contributed by atoms with Crippen LogP contribution in [0.15, 0.2) is 63.8 Å². The molecule has 0 unspecified atom stereocenters. The van der Waals surface area contributed by atoms with E-state index in [4.69, 9.17) is 9.15 Å². The maximum Gasteiger partial charge on any atom is 0.344 e. The van der Waals surface area contributed by atoms with Crippen molar-refractivity contribution in [1.82, 2.24) is 0 Å². The standard InChI is InChI=1S/C18H14O4/c1-12(19)11-21-16-9-5-8-14-10-15(18(20)22-17(14)16)13-6-3-2-4-7-13/h2-10H,11H2,1H3. The molecule has 0 spiro atoms. The van der Waals surface area contributed by atoms with Crippen LogP contribution in [0.2, 0.25) is 0 Å². The quantitative estimate of drug-likeness (QED) is 0.692. The van der Waals surface area contributed by atoms with Crippen LogP contribution in [0.1, 0.15) is 6.92 Å². The van der Waals surface area contributed by atoms with E-state index < -0.39 is 5.63 Å². The van der Waals surface area contributed by atoms with Gasteiger partial charge in [-0.3, -0.25) is 4.79 Å². The summed E-state index contributed by atoms with van der Waals surface area (Å²) >= 11 is 0. The van der Waals surface area contributed by atoms with Gasteiger partial charge in [-0.1, -0.05) is 42.5 Å². The number of ether oxygens (including phenoxy) is 1. The number of fused-ring (bicyclic) bond motifs is 1. The van der Waals surface area contributed by atoms with Gasteiger partial charge in [-0.2, -0.15) is 0 Å². The molecule has 0 aliphatic rings. The van der Waals surface area contributed by atoms with Gasteiger partial charge in [-0.25, -0.2) is 4.79 Å². The second-order valence-corrected chi connectivity index (χ2v) is 4.98. The van der Waals surface area contributed by atoms with Crippen molar-refractivity contribution in [1.29, 1.82) is 0 Å². The Kier molecular flexibility index (Phi) is 3.74. The predicted octanol–water partition coefficient (Wildman–Crippen LogP) is 3.43. The molecule has 1 aromatic heterocycles. The molecule has 110 valence electrons. The van der Waals surface area contributed by atoms with Gasteiger partial charge in [0.05, 0.1) is 5.56 Å². The first-order valence-electron chi connectivity index (χ1n) is 6.89. The van der Waals surface area contributed by atoms with E-state index in [1.807, 2.05) is 36.4 Å². The Bertz CT molecular complexity index is 878. The van der Waals surface area contributed by atoms with Crippen molar-refractivity contribution in [3.8, 4) is 16.9 Å². The Hall–Kier alpha value is -2.88. The Morgan fingerprint density at radius 2 is 1.86 bits per heavy atom. The molecular weight excluding hydrogens is 280 g/mol. The highest BCUT2D eigenvalue weighted by molar-refractivity contribution is 5.86. The lowest BCUT2D eigenvalue weighted by Crippen LogP contribution is -2.08. The van der Waals surface area contributed by atoms with Crippen molar-refractivity contribution in [3.05, 3.63) is 65.0 Å². The van der Waals surface area contributed by atoms with E-state index in [-0.39, 0.29) is 12.4 Å². The molecule has 4 nitrogen and oxygen atoms in total. The lowest BCUT2D eigenvalue weighted by atomic mass is 10.1. The third-order valence-corrected chi connectivity index (χ3v) is 3.24. The van der Waals surface area contributed by atoms with Crippen LogP contribution in [0.25, 0.3) is 22.1 Å². The Morgan fingerprint density at radius 3 is 2.59 bits per heavy atom. The minimum Gasteiger partial charge on any atom is -0.482 e. The van der Waals surface area contributed by atoms with Gasteiger partial charge >= 0.3 is 5.63 Å². The second kappa shape index (κ2) is 5.85. The Morgan fingerprint density at radius 1 is 1.09 bits per heavy atom. The molecular formula is C18H14O4. The van der Waals surface area contributed by atoms with Crippen molar-refractivity contribution in [3.63, 3.8) is 0 Å². The number of hydrogen-bond acceptors (Lipinski definition) is 4. The summed E-state index contributed by atoms with van der Waals surface area (Å²) in [5.74, 6) is 0.296. The fraction of sp³-hybridized carbons (Fsp3) is 0.111. The minimum absolute atomic E-state index is 0.0523. The monoisotopic (exact) mass is 294 g/mol. The first kappa shape index (κ1) is 14.1. The van der Waals surface area contributed by atoms with Crippen molar-refractivity contribution < 1.29 is 13.9 Å². The molecule has 4 heteroatoms. The molecule has 0 aliphatic heterocycles. The molecule has 0 radical (unpaired) electrons. The maximum absolute atomic E-state index is 12.2. The van der Waals surface area contributed by atoms with Crippen LogP contribution >= 0.6 is 0 Å². The summed E-state index contributed by atoms with van der Waals surface area (Å²) in [5, 5.41) is 0.750. The van der Waals surface area contributed by atoms with Crippen LogP contribution < -0.4 is 10.4 Å². The average molecular weight is 294 g/mol. The zero-order chi connectivity index (χ0) is 15.5. The number of carbonyl (C=O) groups is 1. The highest BCUT2D eigenvalue weighted by Crippen LogP contribution is 2.27. The van der Waals surface area contributed by atoms with E-state index in [0.29, 0.717) is 16.9 Å². The molecule has 2 aromatic carbocycles. The van der Waals surface area contributed by atoms with E-state index in [2.05, 4.69) is 0 Å². The number of Topliss-reactive ketones (excluding diaryl/α,β-unsaturated/α-hetero) is 1. The van der Waals surface area contributed by atoms with Gasteiger partial charge in [-0.15, -0.1) is 0 Å². The van der Waals surface area contributed by atoms with Crippen molar-refractivity contribution >= 4 is 16.8 Å². The number of hydrogen-bond donors (Lipinski definition) is 0. The first-order chi connectivity index (χ1) is 10.6. The van der Waals surface area contributed by atoms with Crippen LogP contribution in [-0.2, 0) is 4.79 Å². The minimum atomic E-state index is -0.433. The largest absolute Gasteiger partial charge is 0.482 e. The molecule has 0 amide bonds. The molecule has 0 atom stereocenters. The normalized spacial score (nSPS) is 10.6. The summed E-state index contributed by atoms with van der Waals surface area (Å²) in [6, 6.07) is 16.4. The molecule has 0 N–H and O–H groups in total. The van der Waals surface area contributed by atoms with Crippen molar-refractivity contribution in [2.24, 2.45) is 0 Å². The first-order valence-corrected chi connectivity index (χ1v) is 6.89. The van der Waals surface area contributed by atoms with Crippen molar-refractivity contribution in [2.75, 3.05) is 6.61 Å². The van der Waals surface area contributed by atoms with Crippen LogP contribution in [-0.4, -0.2) is 12.4 Å². The maximum atomic E-state index is 12.2. The molecule has 3 aromatic rings. The van der Waals surface area contributed by atoms with E-state index in [0.717, 1.165) is 10.9 Å². The fourth-order valence-electron chi connectivity index (χ4n) is 2.23. The van der Waals surface area contributed by atoms with E-state index in [1.54, 1.807) is 18.2 Å². The number of carbonyl (C=O) groups excluding carboxylic acids is 1. The third-order valence-electron chi connectivity index (χ3n) is 3.24. The number of benzene rings is 2. The van der Waals surface area contributed by atoms with Gasteiger partial charge in [0.15, 0.2) is 17.1 Å². The van der Waals surface area contributed by atoms with Crippen LogP contribution in [0.5, 0.6) is 5.75 Å². The summed E-state index contributed by atoms with van der Waals surface area (Å²) in [4.78, 5) is 23.3. The predicted molar refractivity (Wildman–Crippen MR) is 84.1 cm³/mol. The Labute approximate surface area is 127 Å². The third kappa shape index (κ3) is 2.76. The lowest BCUT2D eigenvalue weighted by Gasteiger charge is -2.07. The number of ketones is 1. The topological polar surface area (TPSA) is 56.5 Å². The second-order valence-electron chi connectivity index (χ2n) is 4.98. The molecule has 0 aliphatic carbocycles. The molecule has 0 saturated carbocycles. The Balaban J connectivity index is 2.12. The smallest absolute Gasteiger partial charge is 0.344 e. The van der Waals surface area contributed by atoms with Gasteiger partial charge in [0.25, 0.3) is 0 Å². The molecule has 0 bridgehead atoms. The zero-order valence-electron chi connectivity index (χ0n) is 12.0. The zero-order valence-corrected chi connectivity index (χ0v) is 12.0. The van der Waals surface area contributed by atoms with Crippen LogP contribution in [0, 0.1) is 0 Å². The average Bonchev–Trinajstić information content (AvgIpc) is 2.53. The molecule has 3 rings (SSSR count). The van der Waals surface area contributed by atoms with Crippen LogP contribution in [0.4, 0.5) is 0 Å². The van der Waals surface area contributed by atoms with Gasteiger partial charge in [0, 0.05) is 5.39 Å². The van der Waals surface area contributed by atoms with E-state index in [9.17, 15) is 9.59 Å². The molecule has 1 heterocycles. The van der Waals surface area contributed by atoms with Gasteiger partial charge < -0.3 is 9.15 Å². The molecule has 0 saturated heterocycles. The van der Waals surface area contributed by atoms with Gasteiger partial charge in [-0.05, 0) is 24.6 Å². The lowest BCUT2D eigenvalue weighted by molar-refractivity contribution is -0.118. The number of rotatable bonds is 4. The summed E-state index contributed by atoms with van der Waals surface area (Å²) in [5.41, 5.74) is 1.22. The van der Waals surface area contributed by atoms with Crippen LogP contribution in [0.3, 0.4) is 0 Å². The summed E-state index contributed by atoms with van der Waals surface area (Å²) in [6.07, 6.45) is 0. The highest BCUT2D eigenvalue weighted by Gasteiger charge is 2.11. The van der Waals surface area contributed by atoms with Crippen molar-refractivity contribution in [2.45, 2.75) is 6.92 Å². The molecule has 22 heavy (non-hydrogen) atoms. The van der Waals surface area contributed by atoms with E-state index in [1.165, 1.54) is 6.92 Å². The number of para-hydroxylation sites is 1. The van der Waals surface area contributed by atoms with Gasteiger partial charge in [0.2, 0.25) is 0 Å². The van der Waals surface area contributed by atoms with E-state index >= 15 is 0 Å².